The number of aromatic nitrogens is 2. The van der Waals surface area contributed by atoms with Gasteiger partial charge in [0.15, 0.2) is 0 Å². The van der Waals surface area contributed by atoms with Gasteiger partial charge in [0.25, 0.3) is 5.91 Å². The van der Waals surface area contributed by atoms with Gasteiger partial charge >= 0.3 is 0 Å². The van der Waals surface area contributed by atoms with E-state index >= 15 is 0 Å². The van der Waals surface area contributed by atoms with Crippen molar-refractivity contribution in [2.24, 2.45) is 0 Å². The molecular formula is C20H15BrFN3OS. The number of carbonyl (C=O) groups excluding carboxylic acids is 1. The molecule has 0 saturated heterocycles. The molecule has 4 nitrogen and oxygen atoms in total. The number of rotatable bonds is 3. The number of hydrogen-bond donors (Lipinski definition) is 1. The van der Waals surface area contributed by atoms with E-state index < -0.39 is 0 Å². The van der Waals surface area contributed by atoms with Crippen LogP contribution < -0.4 is 5.32 Å². The molecule has 2 aromatic heterocycles. The Morgan fingerprint density at radius 1 is 1.15 bits per heavy atom. The van der Waals surface area contributed by atoms with Gasteiger partial charge in [0, 0.05) is 15.5 Å². The zero-order valence-electron chi connectivity index (χ0n) is 14.6. The maximum absolute atomic E-state index is 13.2. The first-order valence-corrected chi connectivity index (χ1v) is 9.86. The van der Waals surface area contributed by atoms with Crippen LogP contribution in [-0.2, 0) is 0 Å². The number of thiophene rings is 1. The average Bonchev–Trinajstić information content (AvgIpc) is 3.20. The number of benzene rings is 2. The number of nitrogens with one attached hydrogen (secondary N) is 1. The Labute approximate surface area is 167 Å². The summed E-state index contributed by atoms with van der Waals surface area (Å²) in [7, 11) is 0. The summed E-state index contributed by atoms with van der Waals surface area (Å²) < 4.78 is 16.0. The van der Waals surface area contributed by atoms with Crippen LogP contribution in [0.1, 0.15) is 20.9 Å². The van der Waals surface area contributed by atoms with Crippen molar-refractivity contribution in [3.63, 3.8) is 0 Å². The number of halogens is 2. The number of anilines is 1. The minimum Gasteiger partial charge on any atom is -0.321 e. The summed E-state index contributed by atoms with van der Waals surface area (Å²) in [5.74, 6) is -0.460. The lowest BCUT2D eigenvalue weighted by Crippen LogP contribution is -2.10. The van der Waals surface area contributed by atoms with Crippen molar-refractivity contribution in [3.05, 3.63) is 75.0 Å². The van der Waals surface area contributed by atoms with Crippen LogP contribution in [-0.4, -0.2) is 15.7 Å². The molecule has 0 aliphatic heterocycles. The summed E-state index contributed by atoms with van der Waals surface area (Å²) in [5, 5.41) is 8.38. The second-order valence-electron chi connectivity index (χ2n) is 6.22. The predicted octanol–water partition coefficient (Wildman–Crippen LogP) is 5.86. The van der Waals surface area contributed by atoms with E-state index in [0.717, 1.165) is 37.3 Å². The van der Waals surface area contributed by atoms with Gasteiger partial charge in [-0.15, -0.1) is 11.3 Å². The minimum atomic E-state index is -0.296. The monoisotopic (exact) mass is 443 g/mol. The molecule has 2 heterocycles. The van der Waals surface area contributed by atoms with Gasteiger partial charge in [-0.1, -0.05) is 15.9 Å². The largest absolute Gasteiger partial charge is 0.321 e. The summed E-state index contributed by atoms with van der Waals surface area (Å²) in [6, 6.07) is 13.7. The van der Waals surface area contributed by atoms with Crippen molar-refractivity contribution in [1.29, 1.82) is 0 Å². The maximum Gasteiger partial charge on any atom is 0.265 e. The van der Waals surface area contributed by atoms with Gasteiger partial charge in [-0.2, -0.15) is 5.10 Å². The molecule has 1 N–H and O–H groups in total. The molecule has 7 heteroatoms. The quantitative estimate of drug-likeness (QED) is 0.431. The standard InChI is InChI=1S/C20H15BrFN3OS/c1-11-9-14(5-8-17(11)21)23-19(26)18-10-16-12(2)24-25(20(16)27-18)15-6-3-13(22)4-7-15/h3-10H,1-2H3,(H,23,26). The van der Waals surface area contributed by atoms with Gasteiger partial charge in [0.1, 0.15) is 10.6 Å². The van der Waals surface area contributed by atoms with E-state index in [1.54, 1.807) is 16.8 Å². The topological polar surface area (TPSA) is 46.9 Å². The Balaban J connectivity index is 1.68. The van der Waals surface area contributed by atoms with Gasteiger partial charge in [-0.25, -0.2) is 9.07 Å². The second-order valence-corrected chi connectivity index (χ2v) is 8.11. The van der Waals surface area contributed by atoms with Crippen LogP contribution in [0.15, 0.2) is 53.0 Å². The molecule has 0 radical (unpaired) electrons. The van der Waals surface area contributed by atoms with E-state index in [-0.39, 0.29) is 11.7 Å². The molecular weight excluding hydrogens is 429 g/mol. The molecule has 0 aliphatic rings. The summed E-state index contributed by atoms with van der Waals surface area (Å²) in [4.78, 5) is 14.1. The van der Waals surface area contributed by atoms with Gasteiger partial charge in [0.05, 0.1) is 16.3 Å². The zero-order valence-corrected chi connectivity index (χ0v) is 17.0. The molecule has 27 heavy (non-hydrogen) atoms. The molecule has 0 aliphatic carbocycles. The van der Waals surface area contributed by atoms with Crippen LogP contribution in [0.5, 0.6) is 0 Å². The van der Waals surface area contributed by atoms with E-state index in [2.05, 4.69) is 26.3 Å². The first-order valence-electron chi connectivity index (χ1n) is 8.25. The van der Waals surface area contributed by atoms with Crippen molar-refractivity contribution < 1.29 is 9.18 Å². The fourth-order valence-corrected chi connectivity index (χ4v) is 4.16. The van der Waals surface area contributed by atoms with Crippen LogP contribution in [0.3, 0.4) is 0 Å². The molecule has 136 valence electrons. The van der Waals surface area contributed by atoms with Crippen LogP contribution in [0.4, 0.5) is 10.1 Å². The third-order valence-corrected chi connectivity index (χ3v) is 6.25. The SMILES string of the molecule is Cc1cc(NC(=O)c2cc3c(C)nn(-c4ccc(F)cc4)c3s2)ccc1Br. The second kappa shape index (κ2) is 6.90. The van der Waals surface area contributed by atoms with E-state index in [4.69, 9.17) is 0 Å². The van der Waals surface area contributed by atoms with Crippen LogP contribution in [0, 0.1) is 19.7 Å². The van der Waals surface area contributed by atoms with Gasteiger partial charge in [0.2, 0.25) is 0 Å². The van der Waals surface area contributed by atoms with Crippen LogP contribution >= 0.6 is 27.3 Å². The fourth-order valence-electron chi connectivity index (χ4n) is 2.83. The zero-order chi connectivity index (χ0) is 19.1. The highest BCUT2D eigenvalue weighted by Gasteiger charge is 2.17. The molecule has 4 aromatic rings. The molecule has 0 fully saturated rings. The number of amides is 1. The molecule has 0 unspecified atom stereocenters. The van der Waals surface area contributed by atoms with Crippen LogP contribution in [0.25, 0.3) is 15.9 Å². The third-order valence-electron chi connectivity index (χ3n) is 4.26. The smallest absolute Gasteiger partial charge is 0.265 e. The highest BCUT2D eigenvalue weighted by Crippen LogP contribution is 2.31. The lowest BCUT2D eigenvalue weighted by molar-refractivity contribution is 0.103. The lowest BCUT2D eigenvalue weighted by atomic mass is 10.2. The molecule has 2 aromatic carbocycles. The van der Waals surface area contributed by atoms with Crippen molar-refractivity contribution in [2.45, 2.75) is 13.8 Å². The number of carbonyl (C=O) groups is 1. The van der Waals surface area contributed by atoms with E-state index in [1.165, 1.54) is 23.5 Å². The fraction of sp³-hybridized carbons (Fsp3) is 0.100. The Bertz CT molecular complexity index is 1160. The Hall–Kier alpha value is -2.51. The first-order chi connectivity index (χ1) is 12.9. The Morgan fingerprint density at radius 3 is 2.59 bits per heavy atom. The first kappa shape index (κ1) is 17.9. The van der Waals surface area contributed by atoms with E-state index in [1.807, 2.05) is 38.1 Å². The number of fused-ring (bicyclic) bond motifs is 1. The maximum atomic E-state index is 13.2. The van der Waals surface area contributed by atoms with Crippen molar-refractivity contribution in [2.75, 3.05) is 5.32 Å². The molecule has 1 amide bonds. The third kappa shape index (κ3) is 3.40. The number of nitrogens with zero attached hydrogens (tertiary/aromatic N) is 2. The normalized spacial score (nSPS) is 11.1. The molecule has 0 saturated carbocycles. The van der Waals surface area contributed by atoms with Crippen molar-refractivity contribution in [3.8, 4) is 5.69 Å². The highest BCUT2D eigenvalue weighted by molar-refractivity contribution is 9.10. The summed E-state index contributed by atoms with van der Waals surface area (Å²) in [6.45, 7) is 3.87. The van der Waals surface area contributed by atoms with Crippen molar-refractivity contribution in [1.82, 2.24) is 9.78 Å². The summed E-state index contributed by atoms with van der Waals surface area (Å²) >= 11 is 4.82. The Morgan fingerprint density at radius 2 is 1.89 bits per heavy atom. The lowest BCUT2D eigenvalue weighted by Gasteiger charge is -2.06. The number of hydrogen-bond acceptors (Lipinski definition) is 3. The Kier molecular flexibility index (Phi) is 4.57. The van der Waals surface area contributed by atoms with Gasteiger partial charge in [-0.05, 0) is 67.9 Å². The van der Waals surface area contributed by atoms with Gasteiger partial charge in [-0.3, -0.25) is 4.79 Å². The minimum absolute atomic E-state index is 0.164. The average molecular weight is 444 g/mol. The summed E-state index contributed by atoms with van der Waals surface area (Å²) in [5.41, 5.74) is 3.37. The van der Waals surface area contributed by atoms with E-state index in [0.29, 0.717) is 4.88 Å². The molecule has 0 atom stereocenters. The summed E-state index contributed by atoms with van der Waals surface area (Å²) in [6.07, 6.45) is 0. The molecule has 0 bridgehead atoms. The predicted molar refractivity (Wildman–Crippen MR) is 110 cm³/mol. The molecule has 4 rings (SSSR count). The number of aryl methyl sites for hydroxylation is 2. The van der Waals surface area contributed by atoms with Gasteiger partial charge < -0.3 is 5.32 Å². The van der Waals surface area contributed by atoms with Crippen LogP contribution in [0.2, 0.25) is 0 Å². The van der Waals surface area contributed by atoms with Crippen molar-refractivity contribution >= 4 is 49.1 Å². The van der Waals surface area contributed by atoms with E-state index in [9.17, 15) is 9.18 Å². The molecule has 0 spiro atoms. The highest BCUT2D eigenvalue weighted by atomic mass is 79.9.